The molecule has 26 heavy (non-hydrogen) atoms. The molecule has 1 heterocycles. The number of benzene rings is 1. The zero-order chi connectivity index (χ0) is 17.9. The number of hydrogen-bond acceptors (Lipinski definition) is 3. The number of methoxy groups -OCH3 is 1. The molecule has 0 spiro atoms. The fraction of sp³-hybridized carbons (Fsp3) is 0.400. The molecule has 0 radical (unpaired) electrons. The Morgan fingerprint density at radius 3 is 2.69 bits per heavy atom. The summed E-state index contributed by atoms with van der Waals surface area (Å²) in [6, 6.07) is 12.3. The number of hydrogen-bond donors (Lipinski definition) is 2. The Bertz CT molecular complexity index is 677. The summed E-state index contributed by atoms with van der Waals surface area (Å²) in [7, 11) is 1.71. The Balaban J connectivity index is 0.00000338. The molecular formula is C20H29IN4O. The fourth-order valence-electron chi connectivity index (χ4n) is 2.52. The molecule has 5 nitrogen and oxygen atoms in total. The summed E-state index contributed by atoms with van der Waals surface area (Å²) in [5, 5.41) is 6.67. The molecule has 2 aromatic rings. The van der Waals surface area contributed by atoms with Gasteiger partial charge in [-0.3, -0.25) is 9.98 Å². The van der Waals surface area contributed by atoms with Gasteiger partial charge in [-0.1, -0.05) is 18.2 Å². The van der Waals surface area contributed by atoms with Gasteiger partial charge in [0, 0.05) is 37.9 Å². The molecule has 1 aromatic heterocycles. The van der Waals surface area contributed by atoms with E-state index in [1.165, 1.54) is 5.56 Å². The van der Waals surface area contributed by atoms with Crippen molar-refractivity contribution < 1.29 is 4.74 Å². The third kappa shape index (κ3) is 7.59. The number of aromatic nitrogens is 1. The van der Waals surface area contributed by atoms with Gasteiger partial charge in [-0.25, -0.2) is 0 Å². The van der Waals surface area contributed by atoms with Crippen LogP contribution in [0, 0.1) is 6.92 Å². The summed E-state index contributed by atoms with van der Waals surface area (Å²) < 4.78 is 5.38. The summed E-state index contributed by atoms with van der Waals surface area (Å²) in [5.74, 6) is 1.78. The Morgan fingerprint density at radius 1 is 1.15 bits per heavy atom. The number of aliphatic imine (C=N–C) groups is 1. The van der Waals surface area contributed by atoms with E-state index in [4.69, 9.17) is 4.74 Å². The fourth-order valence-corrected chi connectivity index (χ4v) is 2.52. The van der Waals surface area contributed by atoms with Crippen LogP contribution in [0.15, 0.2) is 47.6 Å². The maximum Gasteiger partial charge on any atom is 0.191 e. The number of ether oxygens (including phenoxy) is 1. The number of guanidine groups is 1. The van der Waals surface area contributed by atoms with Crippen molar-refractivity contribution in [3.63, 3.8) is 0 Å². The van der Waals surface area contributed by atoms with Gasteiger partial charge in [0.25, 0.3) is 0 Å². The van der Waals surface area contributed by atoms with Crippen LogP contribution in [0.3, 0.4) is 0 Å². The van der Waals surface area contributed by atoms with Gasteiger partial charge in [-0.15, -0.1) is 24.0 Å². The van der Waals surface area contributed by atoms with Crippen molar-refractivity contribution in [1.29, 1.82) is 0 Å². The molecule has 2 N–H and O–H groups in total. The van der Waals surface area contributed by atoms with Crippen molar-refractivity contribution in [3.8, 4) is 5.75 Å². The minimum absolute atomic E-state index is 0. The summed E-state index contributed by atoms with van der Waals surface area (Å²) in [5.41, 5.74) is 3.47. The second-order valence-corrected chi connectivity index (χ2v) is 5.81. The standard InChI is InChI=1S/C20H28N4O.HI/c1-4-21-20(24-14-11-18-7-5-6-12-22-18)23-13-10-17-9-8-16(2)19(15-17)25-3;/h5-9,12,15H,4,10-11,13-14H2,1-3H3,(H2,21,23,24);1H. The molecular weight excluding hydrogens is 439 g/mol. The van der Waals surface area contributed by atoms with E-state index in [0.717, 1.165) is 48.9 Å². The van der Waals surface area contributed by atoms with Gasteiger partial charge in [0.2, 0.25) is 0 Å². The number of halogens is 1. The van der Waals surface area contributed by atoms with Crippen LogP contribution in [0.25, 0.3) is 0 Å². The lowest BCUT2D eigenvalue weighted by atomic mass is 10.1. The lowest BCUT2D eigenvalue weighted by Gasteiger charge is -2.12. The minimum Gasteiger partial charge on any atom is -0.496 e. The molecule has 1 aromatic carbocycles. The predicted molar refractivity (Wildman–Crippen MR) is 119 cm³/mol. The first-order valence-corrected chi connectivity index (χ1v) is 8.78. The van der Waals surface area contributed by atoms with Gasteiger partial charge in [-0.05, 0) is 49.6 Å². The van der Waals surface area contributed by atoms with Gasteiger partial charge >= 0.3 is 0 Å². The van der Waals surface area contributed by atoms with Crippen molar-refractivity contribution in [3.05, 3.63) is 59.4 Å². The van der Waals surface area contributed by atoms with Crippen molar-refractivity contribution in [2.45, 2.75) is 26.7 Å². The molecule has 2 rings (SSSR count). The van der Waals surface area contributed by atoms with Crippen LogP contribution in [-0.2, 0) is 12.8 Å². The monoisotopic (exact) mass is 468 g/mol. The van der Waals surface area contributed by atoms with E-state index in [1.54, 1.807) is 7.11 Å². The zero-order valence-electron chi connectivity index (χ0n) is 15.8. The molecule has 0 aliphatic heterocycles. The van der Waals surface area contributed by atoms with E-state index < -0.39 is 0 Å². The Morgan fingerprint density at radius 2 is 2.00 bits per heavy atom. The van der Waals surface area contributed by atoms with Gasteiger partial charge in [-0.2, -0.15) is 0 Å². The number of aryl methyl sites for hydroxylation is 1. The molecule has 0 atom stereocenters. The zero-order valence-corrected chi connectivity index (χ0v) is 18.1. The smallest absolute Gasteiger partial charge is 0.191 e. The number of pyridine rings is 1. The molecule has 0 aliphatic carbocycles. The van der Waals surface area contributed by atoms with Crippen molar-refractivity contribution >= 4 is 29.9 Å². The van der Waals surface area contributed by atoms with Crippen LogP contribution in [0.1, 0.15) is 23.7 Å². The molecule has 6 heteroatoms. The van der Waals surface area contributed by atoms with E-state index in [-0.39, 0.29) is 24.0 Å². The van der Waals surface area contributed by atoms with Gasteiger partial charge in [0.1, 0.15) is 5.75 Å². The largest absolute Gasteiger partial charge is 0.496 e. The SMILES string of the molecule is CCNC(=NCCc1ccccn1)NCCc1ccc(C)c(OC)c1.I. The highest BCUT2D eigenvalue weighted by atomic mass is 127. The summed E-state index contributed by atoms with van der Waals surface area (Å²) in [4.78, 5) is 8.94. The van der Waals surface area contributed by atoms with Crippen LogP contribution >= 0.6 is 24.0 Å². The molecule has 0 amide bonds. The van der Waals surface area contributed by atoms with Crippen LogP contribution in [0.2, 0.25) is 0 Å². The number of rotatable bonds is 8. The predicted octanol–water partition coefficient (Wildman–Crippen LogP) is 3.36. The van der Waals surface area contributed by atoms with E-state index in [1.807, 2.05) is 24.4 Å². The third-order valence-corrected chi connectivity index (χ3v) is 3.89. The van der Waals surface area contributed by atoms with Gasteiger partial charge in [0.15, 0.2) is 5.96 Å². The topological polar surface area (TPSA) is 58.5 Å². The molecule has 0 saturated heterocycles. The average Bonchev–Trinajstić information content (AvgIpc) is 2.64. The quantitative estimate of drug-likeness (QED) is 0.355. The number of nitrogens with one attached hydrogen (secondary N) is 2. The Kier molecular flexibility index (Phi) is 10.7. The average molecular weight is 468 g/mol. The first-order chi connectivity index (χ1) is 12.2. The van der Waals surface area contributed by atoms with Gasteiger partial charge < -0.3 is 15.4 Å². The van der Waals surface area contributed by atoms with E-state index in [2.05, 4.69) is 52.7 Å². The molecule has 0 saturated carbocycles. The minimum atomic E-state index is 0. The molecule has 0 aliphatic rings. The first-order valence-electron chi connectivity index (χ1n) is 8.78. The lowest BCUT2D eigenvalue weighted by Crippen LogP contribution is -2.38. The Hall–Kier alpha value is -1.83. The Labute approximate surface area is 173 Å². The van der Waals surface area contributed by atoms with E-state index in [0.29, 0.717) is 6.54 Å². The lowest BCUT2D eigenvalue weighted by molar-refractivity contribution is 0.411. The van der Waals surface area contributed by atoms with Crippen LogP contribution in [0.5, 0.6) is 5.75 Å². The molecule has 0 bridgehead atoms. The maximum atomic E-state index is 5.38. The summed E-state index contributed by atoms with van der Waals surface area (Å²) >= 11 is 0. The van der Waals surface area contributed by atoms with Crippen LogP contribution < -0.4 is 15.4 Å². The van der Waals surface area contributed by atoms with E-state index in [9.17, 15) is 0 Å². The van der Waals surface area contributed by atoms with Crippen LogP contribution in [0.4, 0.5) is 0 Å². The van der Waals surface area contributed by atoms with Crippen LogP contribution in [-0.4, -0.2) is 37.7 Å². The first kappa shape index (κ1) is 22.2. The number of nitrogens with zero attached hydrogens (tertiary/aromatic N) is 2. The van der Waals surface area contributed by atoms with Crippen molar-refractivity contribution in [2.24, 2.45) is 4.99 Å². The molecule has 0 unspecified atom stereocenters. The highest BCUT2D eigenvalue weighted by Crippen LogP contribution is 2.18. The maximum absolute atomic E-state index is 5.38. The van der Waals surface area contributed by atoms with Gasteiger partial charge in [0.05, 0.1) is 7.11 Å². The second-order valence-electron chi connectivity index (χ2n) is 5.81. The van der Waals surface area contributed by atoms with Crippen molar-refractivity contribution in [2.75, 3.05) is 26.7 Å². The normalized spacial score (nSPS) is 10.8. The molecule has 0 fully saturated rings. The van der Waals surface area contributed by atoms with Crippen molar-refractivity contribution in [1.82, 2.24) is 15.6 Å². The summed E-state index contributed by atoms with van der Waals surface area (Å²) in [6.45, 7) is 6.50. The highest BCUT2D eigenvalue weighted by Gasteiger charge is 2.02. The summed E-state index contributed by atoms with van der Waals surface area (Å²) in [6.07, 6.45) is 3.58. The van der Waals surface area contributed by atoms with E-state index >= 15 is 0 Å². The molecule has 142 valence electrons. The second kappa shape index (κ2) is 12.5. The highest BCUT2D eigenvalue weighted by molar-refractivity contribution is 14.0. The third-order valence-electron chi connectivity index (χ3n) is 3.89.